The van der Waals surface area contributed by atoms with Gasteiger partial charge in [0.1, 0.15) is 6.20 Å². The van der Waals surface area contributed by atoms with Gasteiger partial charge in [0, 0.05) is 5.27 Å². The molecule has 3 aromatic rings. The van der Waals surface area contributed by atoms with Gasteiger partial charge in [-0.2, -0.15) is 0 Å². The van der Waals surface area contributed by atoms with Crippen molar-refractivity contribution in [2.24, 2.45) is 0 Å². The van der Waals surface area contributed by atoms with Crippen LogP contribution in [0, 0.1) is 0 Å². The predicted octanol–water partition coefficient (Wildman–Crippen LogP) is 2.10. The van der Waals surface area contributed by atoms with Crippen LogP contribution < -0.4 is 4.72 Å². The molecule has 0 radical (unpaired) electrons. The van der Waals surface area contributed by atoms with Crippen LogP contribution in [0.4, 0.5) is 5.69 Å². The standard InChI is InChI=1S/C15H11N3O4S/c19-15(14-10-16-18-22-14)12-8-4-5-9-13(12)17-23(20,21)11-6-2-1-3-7-11/h1-10,17H. The van der Waals surface area contributed by atoms with Crippen molar-refractivity contribution in [3.05, 3.63) is 72.1 Å². The number of rotatable bonds is 5. The molecule has 1 heterocycles. The number of benzene rings is 2. The molecular formula is C15H11N3O4S. The number of para-hydroxylation sites is 1. The van der Waals surface area contributed by atoms with Gasteiger partial charge in [-0.3, -0.25) is 9.52 Å². The molecule has 0 aliphatic heterocycles. The number of carbonyl (C=O) groups excluding carboxylic acids is 1. The Bertz CT molecular complexity index is 922. The van der Waals surface area contributed by atoms with E-state index in [1.54, 1.807) is 30.3 Å². The number of anilines is 1. The number of carbonyl (C=O) groups is 1. The van der Waals surface area contributed by atoms with E-state index in [9.17, 15) is 13.2 Å². The lowest BCUT2D eigenvalue weighted by atomic mass is 10.1. The van der Waals surface area contributed by atoms with Crippen LogP contribution in [0.3, 0.4) is 0 Å². The molecule has 0 fully saturated rings. The van der Waals surface area contributed by atoms with Crippen LogP contribution in [0.1, 0.15) is 16.1 Å². The molecule has 116 valence electrons. The zero-order valence-electron chi connectivity index (χ0n) is 11.7. The molecule has 1 N–H and O–H groups in total. The van der Waals surface area contributed by atoms with E-state index in [2.05, 4.69) is 15.1 Å². The van der Waals surface area contributed by atoms with Gasteiger partial charge in [-0.1, -0.05) is 30.3 Å². The van der Waals surface area contributed by atoms with Gasteiger partial charge in [0.05, 0.1) is 16.1 Å². The molecule has 0 atom stereocenters. The van der Waals surface area contributed by atoms with Gasteiger partial charge in [0.2, 0.25) is 11.5 Å². The molecule has 8 heteroatoms. The molecule has 0 bridgehead atoms. The van der Waals surface area contributed by atoms with Crippen LogP contribution >= 0.6 is 0 Å². The summed E-state index contributed by atoms with van der Waals surface area (Å²) in [7, 11) is -3.80. The van der Waals surface area contributed by atoms with Gasteiger partial charge in [-0.25, -0.2) is 8.42 Å². The normalized spacial score (nSPS) is 11.1. The first-order chi connectivity index (χ1) is 11.1. The van der Waals surface area contributed by atoms with Crippen LogP contribution in [-0.2, 0) is 10.0 Å². The topological polar surface area (TPSA) is 102 Å². The van der Waals surface area contributed by atoms with Gasteiger partial charge in [-0.05, 0) is 24.3 Å². The summed E-state index contributed by atoms with van der Waals surface area (Å²) in [5.74, 6) is -0.585. The number of nitrogens with one attached hydrogen (secondary N) is 1. The summed E-state index contributed by atoms with van der Waals surface area (Å²) in [6.07, 6.45) is 1.17. The Morgan fingerprint density at radius 3 is 2.39 bits per heavy atom. The Morgan fingerprint density at radius 1 is 1.00 bits per heavy atom. The van der Waals surface area contributed by atoms with Gasteiger partial charge >= 0.3 is 0 Å². The number of hydrogen-bond acceptors (Lipinski definition) is 6. The second-order valence-electron chi connectivity index (χ2n) is 4.58. The van der Waals surface area contributed by atoms with Gasteiger partial charge in [-0.15, -0.1) is 5.10 Å². The van der Waals surface area contributed by atoms with E-state index in [0.717, 1.165) is 0 Å². The van der Waals surface area contributed by atoms with Gasteiger partial charge in [0.25, 0.3) is 10.0 Å². The second kappa shape index (κ2) is 6.01. The fraction of sp³-hybridized carbons (Fsp3) is 0. The molecule has 1 aromatic heterocycles. The van der Waals surface area contributed by atoms with E-state index in [1.807, 2.05) is 0 Å². The Hall–Kier alpha value is -3.00. The first-order valence-corrected chi connectivity index (χ1v) is 8.05. The molecule has 3 rings (SSSR count). The molecule has 0 aliphatic rings. The van der Waals surface area contributed by atoms with Gasteiger partial charge in [0.15, 0.2) is 0 Å². The molecule has 0 spiro atoms. The minimum absolute atomic E-state index is 0.0728. The first-order valence-electron chi connectivity index (χ1n) is 6.57. The van der Waals surface area contributed by atoms with E-state index in [1.165, 1.54) is 30.5 Å². The van der Waals surface area contributed by atoms with Crippen molar-refractivity contribution >= 4 is 21.5 Å². The Morgan fingerprint density at radius 2 is 1.70 bits per heavy atom. The van der Waals surface area contributed by atoms with Crippen LogP contribution in [0.2, 0.25) is 0 Å². The highest BCUT2D eigenvalue weighted by Crippen LogP contribution is 2.22. The summed E-state index contributed by atoms with van der Waals surface area (Å²) in [5, 5.41) is 6.68. The Balaban J connectivity index is 1.97. The molecule has 23 heavy (non-hydrogen) atoms. The smallest absolute Gasteiger partial charge is 0.261 e. The predicted molar refractivity (Wildman–Crippen MR) is 81.4 cm³/mol. The van der Waals surface area contributed by atoms with E-state index in [0.29, 0.717) is 0 Å². The van der Waals surface area contributed by atoms with E-state index < -0.39 is 15.8 Å². The van der Waals surface area contributed by atoms with Crippen molar-refractivity contribution in [1.29, 1.82) is 0 Å². The Labute approximate surface area is 132 Å². The molecule has 0 aliphatic carbocycles. The minimum Gasteiger partial charge on any atom is -0.333 e. The lowest BCUT2D eigenvalue weighted by Gasteiger charge is -2.11. The maximum Gasteiger partial charge on any atom is 0.261 e. The molecule has 7 nitrogen and oxygen atoms in total. The molecule has 0 saturated carbocycles. The van der Waals surface area contributed by atoms with Crippen molar-refractivity contribution in [3.8, 4) is 0 Å². The van der Waals surface area contributed by atoms with E-state index >= 15 is 0 Å². The van der Waals surface area contributed by atoms with Crippen molar-refractivity contribution in [3.63, 3.8) is 0 Å². The number of hydrogen-bond donors (Lipinski definition) is 1. The minimum atomic E-state index is -3.80. The highest BCUT2D eigenvalue weighted by Gasteiger charge is 2.21. The fourth-order valence-electron chi connectivity index (χ4n) is 1.97. The number of ketones is 1. The zero-order chi connectivity index (χ0) is 16.3. The summed E-state index contributed by atoms with van der Waals surface area (Å²) in [5.41, 5.74) is 0.295. The lowest BCUT2D eigenvalue weighted by Crippen LogP contribution is -2.15. The third-order valence-electron chi connectivity index (χ3n) is 3.05. The Kier molecular flexibility index (Phi) is 3.90. The zero-order valence-corrected chi connectivity index (χ0v) is 12.5. The third kappa shape index (κ3) is 3.11. The molecule has 0 amide bonds. The van der Waals surface area contributed by atoms with Crippen molar-refractivity contribution in [1.82, 2.24) is 10.4 Å². The second-order valence-corrected chi connectivity index (χ2v) is 6.26. The largest absolute Gasteiger partial charge is 0.333 e. The molecule has 0 unspecified atom stereocenters. The highest BCUT2D eigenvalue weighted by molar-refractivity contribution is 7.92. The lowest BCUT2D eigenvalue weighted by molar-refractivity contribution is 0.100. The van der Waals surface area contributed by atoms with Crippen LogP contribution in [0.25, 0.3) is 0 Å². The number of sulfonamides is 1. The van der Waals surface area contributed by atoms with E-state index in [4.69, 9.17) is 4.52 Å². The summed E-state index contributed by atoms with van der Waals surface area (Å²) in [6.45, 7) is 0. The molecular weight excluding hydrogens is 318 g/mol. The first kappa shape index (κ1) is 14.9. The maximum atomic E-state index is 12.4. The van der Waals surface area contributed by atoms with Crippen molar-refractivity contribution in [2.75, 3.05) is 4.72 Å². The van der Waals surface area contributed by atoms with E-state index in [-0.39, 0.29) is 21.9 Å². The van der Waals surface area contributed by atoms with Crippen molar-refractivity contribution < 1.29 is 17.7 Å². The highest BCUT2D eigenvalue weighted by atomic mass is 32.2. The molecule has 0 saturated heterocycles. The summed E-state index contributed by atoms with van der Waals surface area (Å²) < 4.78 is 31.9. The number of aromatic nitrogens is 2. The summed E-state index contributed by atoms with van der Waals surface area (Å²) >= 11 is 0. The van der Waals surface area contributed by atoms with Gasteiger partial charge < -0.3 is 4.52 Å². The third-order valence-corrected chi connectivity index (χ3v) is 4.44. The van der Waals surface area contributed by atoms with Crippen LogP contribution in [0.5, 0.6) is 0 Å². The summed E-state index contributed by atoms with van der Waals surface area (Å²) in [4.78, 5) is 12.4. The van der Waals surface area contributed by atoms with Crippen LogP contribution in [-0.4, -0.2) is 24.6 Å². The van der Waals surface area contributed by atoms with Crippen molar-refractivity contribution in [2.45, 2.75) is 4.90 Å². The van der Waals surface area contributed by atoms with Crippen LogP contribution in [0.15, 0.2) is 70.2 Å². The maximum absolute atomic E-state index is 12.4. The SMILES string of the molecule is O=C(c1cnno1)c1ccccc1NS(=O)(=O)c1ccccc1. The average molecular weight is 329 g/mol. The quantitative estimate of drug-likeness (QED) is 0.719. The molecule has 2 aromatic carbocycles. The number of nitrogens with zero attached hydrogens (tertiary/aromatic N) is 2. The average Bonchev–Trinajstić information content (AvgIpc) is 3.10. The summed E-state index contributed by atoms with van der Waals surface area (Å²) in [6, 6.07) is 14.1. The fourth-order valence-corrected chi connectivity index (χ4v) is 3.07. The monoisotopic (exact) mass is 329 g/mol.